The van der Waals surface area contributed by atoms with E-state index in [2.05, 4.69) is 79.3 Å². The standard InChI is InChI=1S/C23H13BNO2.C14H14N.Ir/c1-2-11-19-16(8-1)24-17-9-5-7-15(18-10-3-4-14-25-18)23(17)27-21-13-6-12-20(26-19)22(21)24;1-10-4-6-13(7-5-10)14-8-11(2)12(3)9-15-14;/h1-6,8-14H;4-6,8-9H,1-3H3;/q2*-1;. The molecule has 0 saturated heterocycles. The molecular weight excluding hydrogens is 707 g/mol. The van der Waals surface area contributed by atoms with Crippen LogP contribution in [0, 0.1) is 32.9 Å². The van der Waals surface area contributed by atoms with Gasteiger partial charge in [0.05, 0.1) is 0 Å². The Morgan fingerprint density at radius 2 is 1.47 bits per heavy atom. The van der Waals surface area contributed by atoms with Gasteiger partial charge < -0.3 is 19.4 Å². The first-order valence-electron chi connectivity index (χ1n) is 14.0. The molecule has 4 aromatic carbocycles. The Bertz CT molecular complexity index is 1930. The van der Waals surface area contributed by atoms with Gasteiger partial charge in [0.1, 0.15) is 17.2 Å². The van der Waals surface area contributed by atoms with Crippen molar-refractivity contribution >= 4 is 23.1 Å². The normalized spacial score (nSPS) is 11.7. The first-order valence-corrected chi connectivity index (χ1v) is 14.0. The van der Waals surface area contributed by atoms with E-state index in [1.807, 2.05) is 66.9 Å². The van der Waals surface area contributed by atoms with Crippen LogP contribution in [-0.2, 0) is 20.1 Å². The summed E-state index contributed by atoms with van der Waals surface area (Å²) in [5, 5.41) is 0. The number of aryl methyl sites for hydroxylation is 3. The molecular formula is C37H27BIrN2O2-2. The zero-order valence-electron chi connectivity index (χ0n) is 24.0. The average Bonchev–Trinajstić information content (AvgIpc) is 3.03. The first-order chi connectivity index (χ1) is 20.6. The molecule has 0 spiro atoms. The van der Waals surface area contributed by atoms with Gasteiger partial charge in [0.15, 0.2) is 0 Å². The molecule has 0 bridgehead atoms. The minimum atomic E-state index is 0. The topological polar surface area (TPSA) is 44.2 Å². The maximum Gasteiger partial charge on any atom is 0.241 e. The summed E-state index contributed by atoms with van der Waals surface area (Å²) in [6.45, 7) is 6.32. The molecule has 6 heteroatoms. The molecule has 211 valence electrons. The second-order valence-corrected chi connectivity index (χ2v) is 10.6. The number of rotatable bonds is 2. The zero-order chi connectivity index (χ0) is 28.6. The fraction of sp³-hybridized carbons (Fsp3) is 0.0811. The van der Waals surface area contributed by atoms with Crippen LogP contribution in [0.3, 0.4) is 0 Å². The predicted molar refractivity (Wildman–Crippen MR) is 169 cm³/mol. The number of pyridine rings is 2. The molecule has 0 saturated carbocycles. The minimum absolute atomic E-state index is 0. The van der Waals surface area contributed by atoms with Gasteiger partial charge in [0, 0.05) is 43.7 Å². The number of hydrogen-bond donors (Lipinski definition) is 0. The van der Waals surface area contributed by atoms with Crippen molar-refractivity contribution in [2.45, 2.75) is 20.8 Å². The van der Waals surface area contributed by atoms with Gasteiger partial charge in [0.2, 0.25) is 6.71 Å². The van der Waals surface area contributed by atoms with Crippen LogP contribution in [0.15, 0.2) is 109 Å². The Balaban J connectivity index is 0.000000176. The molecule has 6 aromatic rings. The van der Waals surface area contributed by atoms with Crippen molar-refractivity contribution in [3.8, 4) is 45.5 Å². The molecule has 0 unspecified atom stereocenters. The Kier molecular flexibility index (Phi) is 7.99. The first kappa shape index (κ1) is 28.6. The molecule has 1 radical (unpaired) electrons. The fourth-order valence-electron chi connectivity index (χ4n) is 5.48. The number of ether oxygens (including phenoxy) is 2. The Labute approximate surface area is 266 Å². The van der Waals surface area contributed by atoms with Crippen LogP contribution in [0.1, 0.15) is 16.7 Å². The summed E-state index contributed by atoms with van der Waals surface area (Å²) >= 11 is 0. The maximum absolute atomic E-state index is 6.37. The van der Waals surface area contributed by atoms with Crippen molar-refractivity contribution < 1.29 is 29.6 Å². The second-order valence-electron chi connectivity index (χ2n) is 10.6. The quantitative estimate of drug-likeness (QED) is 0.146. The molecule has 2 aromatic heterocycles. The Hall–Kier alpha value is -4.51. The van der Waals surface area contributed by atoms with Gasteiger partial charge in [-0.1, -0.05) is 60.5 Å². The van der Waals surface area contributed by atoms with Gasteiger partial charge in [-0.2, -0.15) is 0 Å². The van der Waals surface area contributed by atoms with Crippen LogP contribution >= 0.6 is 0 Å². The number of nitrogens with zero attached hydrogens (tertiary/aromatic N) is 2. The second kappa shape index (κ2) is 12.0. The van der Waals surface area contributed by atoms with E-state index in [0.717, 1.165) is 61.9 Å². The van der Waals surface area contributed by atoms with Crippen LogP contribution in [0.5, 0.6) is 23.0 Å². The maximum atomic E-state index is 6.37. The number of hydrogen-bond acceptors (Lipinski definition) is 4. The summed E-state index contributed by atoms with van der Waals surface area (Å²) in [5.74, 6) is 3.40. The number of benzene rings is 4. The fourth-order valence-corrected chi connectivity index (χ4v) is 5.48. The van der Waals surface area contributed by atoms with Crippen LogP contribution in [0.2, 0.25) is 0 Å². The van der Waals surface area contributed by atoms with Crippen molar-refractivity contribution in [2.75, 3.05) is 0 Å². The SMILES string of the molecule is Cc1c[c-]c(-c2cc(C)c(C)cn2)cc1.[Ir].[c-]1ccc2c(c1-c1ccccn1)Oc1cccc3c1B2c1ccccc1O3. The van der Waals surface area contributed by atoms with Gasteiger partial charge in [-0.05, 0) is 60.5 Å². The van der Waals surface area contributed by atoms with Gasteiger partial charge in [0.25, 0.3) is 0 Å². The molecule has 0 amide bonds. The van der Waals surface area contributed by atoms with Gasteiger partial charge >= 0.3 is 0 Å². The van der Waals surface area contributed by atoms with Crippen LogP contribution < -0.4 is 25.9 Å². The Morgan fingerprint density at radius 1 is 0.674 bits per heavy atom. The van der Waals surface area contributed by atoms with Gasteiger partial charge in [-0.3, -0.25) is 0 Å². The molecule has 0 fully saturated rings. The molecule has 8 rings (SSSR count). The third-order valence-electron chi connectivity index (χ3n) is 7.81. The molecule has 0 aliphatic carbocycles. The van der Waals surface area contributed by atoms with Crippen molar-refractivity contribution in [1.29, 1.82) is 0 Å². The van der Waals surface area contributed by atoms with E-state index in [1.54, 1.807) is 6.20 Å². The summed E-state index contributed by atoms with van der Waals surface area (Å²) < 4.78 is 12.5. The largest absolute Gasteiger partial charge is 0.503 e. The smallest absolute Gasteiger partial charge is 0.241 e. The summed E-state index contributed by atoms with van der Waals surface area (Å²) in [5.41, 5.74) is 10.9. The van der Waals surface area contributed by atoms with E-state index in [1.165, 1.54) is 16.7 Å². The molecule has 43 heavy (non-hydrogen) atoms. The van der Waals surface area contributed by atoms with Crippen LogP contribution in [-0.4, -0.2) is 16.7 Å². The average molecular weight is 735 g/mol. The van der Waals surface area contributed by atoms with E-state index in [-0.39, 0.29) is 26.8 Å². The zero-order valence-corrected chi connectivity index (χ0v) is 26.4. The molecule has 4 heterocycles. The van der Waals surface area contributed by atoms with Gasteiger partial charge in [-0.25, -0.2) is 0 Å². The van der Waals surface area contributed by atoms with Crippen molar-refractivity contribution in [2.24, 2.45) is 0 Å². The predicted octanol–water partition coefficient (Wildman–Crippen LogP) is 6.75. The third kappa shape index (κ3) is 5.40. The Morgan fingerprint density at radius 3 is 2.23 bits per heavy atom. The van der Waals surface area contributed by atoms with Crippen LogP contribution in [0.4, 0.5) is 0 Å². The van der Waals surface area contributed by atoms with Crippen molar-refractivity contribution in [3.63, 3.8) is 0 Å². The molecule has 4 nitrogen and oxygen atoms in total. The summed E-state index contributed by atoms with van der Waals surface area (Å²) in [4.78, 5) is 8.91. The third-order valence-corrected chi connectivity index (χ3v) is 7.81. The number of aromatic nitrogens is 2. The summed E-state index contributed by atoms with van der Waals surface area (Å²) in [6.07, 6.45) is 3.71. The summed E-state index contributed by atoms with van der Waals surface area (Å²) in [6, 6.07) is 38.9. The monoisotopic (exact) mass is 735 g/mol. The van der Waals surface area contributed by atoms with Crippen molar-refractivity contribution in [1.82, 2.24) is 9.97 Å². The van der Waals surface area contributed by atoms with Crippen molar-refractivity contribution in [3.05, 3.63) is 138 Å². The van der Waals surface area contributed by atoms with E-state index in [0.29, 0.717) is 0 Å². The number of fused-ring (bicyclic) bond motifs is 4. The molecule has 2 aliphatic rings. The van der Waals surface area contributed by atoms with E-state index in [9.17, 15) is 0 Å². The number of para-hydroxylation sites is 1. The van der Waals surface area contributed by atoms with E-state index in [4.69, 9.17) is 9.47 Å². The molecule has 0 atom stereocenters. The summed E-state index contributed by atoms with van der Waals surface area (Å²) in [7, 11) is 0. The van der Waals surface area contributed by atoms with Crippen LogP contribution in [0.25, 0.3) is 22.5 Å². The van der Waals surface area contributed by atoms with E-state index >= 15 is 0 Å². The minimum Gasteiger partial charge on any atom is -0.503 e. The molecule has 2 aliphatic heterocycles. The molecule has 0 N–H and O–H groups in total. The van der Waals surface area contributed by atoms with Gasteiger partial charge in [-0.15, -0.1) is 59.1 Å². The van der Waals surface area contributed by atoms with E-state index < -0.39 is 0 Å².